The highest BCUT2D eigenvalue weighted by Crippen LogP contribution is 2.23. The van der Waals surface area contributed by atoms with Crippen LogP contribution in [0.2, 0.25) is 0 Å². The van der Waals surface area contributed by atoms with Crippen molar-refractivity contribution >= 4 is 21.1 Å². The Kier molecular flexibility index (Phi) is 5.88. The molecular formula is C21H28N4O2S. The average Bonchev–Trinajstić information content (AvgIpc) is 2.99. The number of sulfonamides is 1. The summed E-state index contributed by atoms with van der Waals surface area (Å²) in [5.74, 6) is 0.937. The summed E-state index contributed by atoms with van der Waals surface area (Å²) in [6.07, 6.45) is 0. The third-order valence-corrected chi connectivity index (χ3v) is 6.69. The van der Waals surface area contributed by atoms with Gasteiger partial charge >= 0.3 is 0 Å². The van der Waals surface area contributed by atoms with Gasteiger partial charge in [-0.1, -0.05) is 29.8 Å². The molecule has 7 heteroatoms. The van der Waals surface area contributed by atoms with Crippen LogP contribution in [0.25, 0.3) is 11.0 Å². The fraction of sp³-hybridized carbons (Fsp3) is 0.381. The number of hydrogen-bond acceptors (Lipinski definition) is 4. The van der Waals surface area contributed by atoms with Crippen molar-refractivity contribution in [3.63, 3.8) is 0 Å². The zero-order valence-corrected chi connectivity index (χ0v) is 18.0. The molecule has 0 atom stereocenters. The minimum Gasteiger partial charge on any atom is -0.327 e. The minimum atomic E-state index is -3.47. The molecule has 3 aromatic rings. The monoisotopic (exact) mass is 400 g/mol. The summed E-state index contributed by atoms with van der Waals surface area (Å²) in [6.45, 7) is 6.46. The Morgan fingerprint density at radius 1 is 1.00 bits per heavy atom. The number of hydrogen-bond donors (Lipinski definition) is 0. The molecule has 3 rings (SSSR count). The molecule has 0 saturated carbocycles. The predicted molar refractivity (Wildman–Crippen MR) is 113 cm³/mol. The second kappa shape index (κ2) is 8.03. The van der Waals surface area contributed by atoms with E-state index in [1.54, 1.807) is 12.1 Å². The molecule has 0 N–H and O–H groups in total. The lowest BCUT2D eigenvalue weighted by atomic mass is 10.1. The molecule has 0 bridgehead atoms. The standard InChI is InChI=1S/C21H28N4O2S/c1-6-25-20-12-11-18(28(26,27)23(3)4)13-19(20)22-21(25)15-24(5)14-17-9-7-16(2)8-10-17/h7-13H,6,14-15H2,1-5H3. The van der Waals surface area contributed by atoms with Gasteiger partial charge in [0.15, 0.2) is 0 Å². The quantitative estimate of drug-likeness (QED) is 0.611. The molecule has 6 nitrogen and oxygen atoms in total. The van der Waals surface area contributed by atoms with E-state index >= 15 is 0 Å². The molecule has 1 heterocycles. The highest BCUT2D eigenvalue weighted by molar-refractivity contribution is 7.89. The van der Waals surface area contributed by atoms with Crippen molar-refractivity contribution in [2.75, 3.05) is 21.1 Å². The van der Waals surface area contributed by atoms with Crippen molar-refractivity contribution in [1.29, 1.82) is 0 Å². The second-order valence-corrected chi connectivity index (χ2v) is 9.52. The SMILES string of the molecule is CCn1c(CN(C)Cc2ccc(C)cc2)nc2cc(S(=O)(=O)N(C)C)ccc21. The predicted octanol–water partition coefficient (Wildman–Crippen LogP) is 3.25. The van der Waals surface area contributed by atoms with Gasteiger partial charge in [-0.2, -0.15) is 0 Å². The van der Waals surface area contributed by atoms with Crippen molar-refractivity contribution in [1.82, 2.24) is 18.8 Å². The molecule has 0 aliphatic heterocycles. The molecule has 0 aliphatic carbocycles. The fourth-order valence-corrected chi connectivity index (χ4v) is 4.23. The van der Waals surface area contributed by atoms with E-state index in [2.05, 4.69) is 54.6 Å². The molecule has 0 amide bonds. The highest BCUT2D eigenvalue weighted by atomic mass is 32.2. The van der Waals surface area contributed by atoms with Gasteiger partial charge in [0.2, 0.25) is 10.0 Å². The largest absolute Gasteiger partial charge is 0.327 e. The summed E-state index contributed by atoms with van der Waals surface area (Å²) < 4.78 is 28.2. The summed E-state index contributed by atoms with van der Waals surface area (Å²) in [4.78, 5) is 7.24. The number of fused-ring (bicyclic) bond motifs is 1. The van der Waals surface area contributed by atoms with Crippen molar-refractivity contribution in [3.8, 4) is 0 Å². The lowest BCUT2D eigenvalue weighted by molar-refractivity contribution is 0.306. The molecule has 0 aliphatic rings. The molecule has 0 saturated heterocycles. The van der Waals surface area contributed by atoms with Gasteiger partial charge in [-0.3, -0.25) is 4.90 Å². The average molecular weight is 401 g/mol. The first-order chi connectivity index (χ1) is 13.2. The number of imidazole rings is 1. The normalized spacial score (nSPS) is 12.4. The first-order valence-electron chi connectivity index (χ1n) is 9.38. The molecule has 0 radical (unpaired) electrons. The van der Waals surface area contributed by atoms with E-state index in [9.17, 15) is 8.42 Å². The summed E-state index contributed by atoms with van der Waals surface area (Å²) in [5, 5.41) is 0. The van der Waals surface area contributed by atoms with E-state index in [0.717, 1.165) is 24.4 Å². The van der Waals surface area contributed by atoms with Gasteiger partial charge in [-0.25, -0.2) is 17.7 Å². The highest BCUT2D eigenvalue weighted by Gasteiger charge is 2.19. The molecule has 2 aromatic carbocycles. The number of aromatic nitrogens is 2. The smallest absolute Gasteiger partial charge is 0.242 e. The molecule has 150 valence electrons. The Morgan fingerprint density at radius 3 is 2.29 bits per heavy atom. The van der Waals surface area contributed by atoms with Crippen LogP contribution in [0, 0.1) is 6.92 Å². The Balaban J connectivity index is 1.89. The molecule has 28 heavy (non-hydrogen) atoms. The van der Waals surface area contributed by atoms with Crippen LogP contribution in [0.3, 0.4) is 0 Å². The third kappa shape index (κ3) is 4.11. The minimum absolute atomic E-state index is 0.269. The fourth-order valence-electron chi connectivity index (χ4n) is 3.31. The second-order valence-electron chi connectivity index (χ2n) is 7.37. The van der Waals surface area contributed by atoms with E-state index in [0.29, 0.717) is 12.1 Å². The van der Waals surface area contributed by atoms with Crippen LogP contribution in [0.1, 0.15) is 23.9 Å². The van der Waals surface area contributed by atoms with E-state index in [1.165, 1.54) is 29.5 Å². The number of rotatable bonds is 7. The Morgan fingerprint density at radius 2 is 1.68 bits per heavy atom. The lowest BCUT2D eigenvalue weighted by Gasteiger charge is -2.17. The van der Waals surface area contributed by atoms with Crippen LogP contribution in [-0.2, 0) is 29.7 Å². The Labute approximate surface area is 167 Å². The van der Waals surface area contributed by atoms with Crippen LogP contribution in [0.5, 0.6) is 0 Å². The van der Waals surface area contributed by atoms with E-state index in [4.69, 9.17) is 4.98 Å². The van der Waals surface area contributed by atoms with Gasteiger partial charge in [0, 0.05) is 27.2 Å². The lowest BCUT2D eigenvalue weighted by Crippen LogP contribution is -2.22. The summed E-state index contributed by atoms with van der Waals surface area (Å²) >= 11 is 0. The zero-order chi connectivity index (χ0) is 20.5. The van der Waals surface area contributed by atoms with Crippen LogP contribution in [-0.4, -0.2) is 48.3 Å². The van der Waals surface area contributed by atoms with Crippen molar-refractivity contribution < 1.29 is 8.42 Å². The Hall–Kier alpha value is -2.22. The van der Waals surface area contributed by atoms with E-state index in [-0.39, 0.29) is 4.90 Å². The first-order valence-corrected chi connectivity index (χ1v) is 10.8. The summed E-state index contributed by atoms with van der Waals surface area (Å²) in [7, 11) is 1.67. The van der Waals surface area contributed by atoms with E-state index in [1.807, 2.05) is 6.07 Å². The van der Waals surface area contributed by atoms with Crippen molar-refractivity contribution in [2.24, 2.45) is 0 Å². The third-order valence-electron chi connectivity index (χ3n) is 4.88. The number of aryl methyl sites for hydroxylation is 2. The maximum absolute atomic E-state index is 12.4. The van der Waals surface area contributed by atoms with Crippen molar-refractivity contribution in [3.05, 3.63) is 59.4 Å². The summed E-state index contributed by atoms with van der Waals surface area (Å²) in [5.41, 5.74) is 4.18. The molecular weight excluding hydrogens is 372 g/mol. The van der Waals surface area contributed by atoms with Crippen LogP contribution < -0.4 is 0 Å². The number of nitrogens with zero attached hydrogens (tertiary/aromatic N) is 4. The van der Waals surface area contributed by atoms with Crippen LogP contribution in [0.4, 0.5) is 0 Å². The zero-order valence-electron chi connectivity index (χ0n) is 17.2. The maximum Gasteiger partial charge on any atom is 0.242 e. The van der Waals surface area contributed by atoms with Gasteiger partial charge in [0.25, 0.3) is 0 Å². The molecule has 0 fully saturated rings. The van der Waals surface area contributed by atoms with Crippen LogP contribution in [0.15, 0.2) is 47.4 Å². The molecule has 0 spiro atoms. The maximum atomic E-state index is 12.4. The van der Waals surface area contributed by atoms with Gasteiger partial charge < -0.3 is 4.57 Å². The van der Waals surface area contributed by atoms with Gasteiger partial charge in [0.1, 0.15) is 5.82 Å². The molecule has 1 aromatic heterocycles. The van der Waals surface area contributed by atoms with Gasteiger partial charge in [-0.05, 0) is 44.7 Å². The Bertz CT molecular complexity index is 1070. The van der Waals surface area contributed by atoms with Crippen LogP contribution >= 0.6 is 0 Å². The topological polar surface area (TPSA) is 58.4 Å². The summed E-state index contributed by atoms with van der Waals surface area (Å²) in [6, 6.07) is 13.7. The number of benzene rings is 2. The van der Waals surface area contributed by atoms with Crippen molar-refractivity contribution in [2.45, 2.75) is 38.4 Å². The molecule has 0 unspecified atom stereocenters. The van der Waals surface area contributed by atoms with E-state index < -0.39 is 10.0 Å². The first kappa shape index (κ1) is 20.5. The van der Waals surface area contributed by atoms with Gasteiger partial charge in [0.05, 0.1) is 22.5 Å². The van der Waals surface area contributed by atoms with Gasteiger partial charge in [-0.15, -0.1) is 0 Å².